The molecule has 3 nitrogen and oxygen atoms in total. The molecule has 0 unspecified atom stereocenters. The Hall–Kier alpha value is -2.02. The number of carbonyl (C=O) groups is 1. The molecule has 0 aliphatic heterocycles. The van der Waals surface area contributed by atoms with E-state index in [1.54, 1.807) is 0 Å². The number of hydrogen-bond acceptors (Lipinski definition) is 2. The minimum Gasteiger partial charge on any atom is -0.425 e. The summed E-state index contributed by atoms with van der Waals surface area (Å²) in [5, 5.41) is -0.150. The van der Waals surface area contributed by atoms with Crippen LogP contribution in [0.3, 0.4) is 0 Å². The molecule has 0 atom stereocenters. The molecule has 22 heavy (non-hydrogen) atoms. The summed E-state index contributed by atoms with van der Waals surface area (Å²) in [6.45, 7) is 1.13. The smallest absolute Gasteiger partial charge is 0.425 e. The van der Waals surface area contributed by atoms with E-state index in [1.807, 2.05) is 0 Å². The zero-order valence-corrected chi connectivity index (χ0v) is 12.2. The molecule has 8 heteroatoms. The van der Waals surface area contributed by atoms with Gasteiger partial charge in [0.15, 0.2) is 0 Å². The molecule has 0 spiro atoms. The van der Waals surface area contributed by atoms with Crippen LogP contribution in [0.4, 0.5) is 17.6 Å². The summed E-state index contributed by atoms with van der Waals surface area (Å²) < 4.78 is 58.0. The van der Waals surface area contributed by atoms with Crippen LogP contribution in [0.1, 0.15) is 12.6 Å². The molecular formula is C14H10ClF4NO2. The lowest BCUT2D eigenvalue weighted by Crippen LogP contribution is -2.09. The predicted octanol–water partition coefficient (Wildman–Crippen LogP) is 4.43. The van der Waals surface area contributed by atoms with Crippen molar-refractivity contribution >= 4 is 17.6 Å². The number of carbonyl (C=O) groups excluding carboxylic acids is 1. The van der Waals surface area contributed by atoms with Crippen molar-refractivity contribution in [2.45, 2.75) is 13.1 Å². The highest BCUT2D eigenvalue weighted by Gasteiger charge is 2.34. The van der Waals surface area contributed by atoms with Gasteiger partial charge in [-0.3, -0.25) is 4.79 Å². The van der Waals surface area contributed by atoms with Crippen LogP contribution in [0.25, 0.3) is 11.1 Å². The molecule has 0 saturated heterocycles. The third kappa shape index (κ3) is 3.24. The second kappa shape index (κ2) is 5.64. The second-order valence-corrected chi connectivity index (χ2v) is 4.99. The van der Waals surface area contributed by atoms with Crippen molar-refractivity contribution in [3.63, 3.8) is 0 Å². The Kier molecular flexibility index (Phi) is 4.19. The van der Waals surface area contributed by atoms with Crippen LogP contribution in [0.2, 0.25) is 5.02 Å². The van der Waals surface area contributed by atoms with Crippen LogP contribution >= 0.6 is 11.6 Å². The van der Waals surface area contributed by atoms with Gasteiger partial charge in [-0.25, -0.2) is 4.39 Å². The van der Waals surface area contributed by atoms with Crippen LogP contribution in [-0.4, -0.2) is 10.5 Å². The standard InChI is InChI=1S/C14H10ClF4NO2/c1-7(21)22-12-4-9(11(16)5-10(12)15)8-3-13(14(17,18)19)20(2)6-8/h3-6H,1-2H3. The topological polar surface area (TPSA) is 31.2 Å². The van der Waals surface area contributed by atoms with Crippen LogP contribution in [0, 0.1) is 5.82 Å². The fourth-order valence-electron chi connectivity index (χ4n) is 1.98. The average Bonchev–Trinajstić information content (AvgIpc) is 2.74. The number of alkyl halides is 3. The van der Waals surface area contributed by atoms with Gasteiger partial charge in [0, 0.05) is 31.3 Å². The number of halogens is 5. The number of aryl methyl sites for hydroxylation is 1. The number of benzene rings is 1. The van der Waals surface area contributed by atoms with Crippen molar-refractivity contribution in [3.05, 3.63) is 40.9 Å². The number of esters is 1. The molecule has 1 aromatic carbocycles. The minimum absolute atomic E-state index is 0.00241. The number of nitrogens with zero attached hydrogens (tertiary/aromatic N) is 1. The highest BCUT2D eigenvalue weighted by molar-refractivity contribution is 6.32. The van der Waals surface area contributed by atoms with Gasteiger partial charge in [-0.05, 0) is 18.2 Å². The first-order valence-electron chi connectivity index (χ1n) is 6.01. The summed E-state index contributed by atoms with van der Waals surface area (Å²) in [6.07, 6.45) is -3.43. The molecule has 118 valence electrons. The quantitative estimate of drug-likeness (QED) is 0.462. The van der Waals surface area contributed by atoms with Gasteiger partial charge >= 0.3 is 12.1 Å². The fourth-order valence-corrected chi connectivity index (χ4v) is 2.17. The van der Waals surface area contributed by atoms with Gasteiger partial charge in [0.25, 0.3) is 0 Å². The van der Waals surface area contributed by atoms with Crippen molar-refractivity contribution in [1.82, 2.24) is 4.57 Å². The molecule has 0 aliphatic rings. The Bertz CT molecular complexity index is 737. The number of aromatic nitrogens is 1. The Balaban J connectivity index is 2.55. The van der Waals surface area contributed by atoms with Gasteiger partial charge in [-0.15, -0.1) is 0 Å². The maximum absolute atomic E-state index is 14.0. The van der Waals surface area contributed by atoms with E-state index < -0.39 is 23.7 Å². The molecule has 2 aromatic rings. The van der Waals surface area contributed by atoms with Crippen LogP contribution in [-0.2, 0) is 18.0 Å². The lowest BCUT2D eigenvalue weighted by atomic mass is 10.1. The Morgan fingerprint density at radius 2 is 1.91 bits per heavy atom. The Labute approximate surface area is 128 Å². The minimum atomic E-state index is -4.56. The molecule has 0 aliphatic carbocycles. The van der Waals surface area contributed by atoms with E-state index in [1.165, 1.54) is 7.05 Å². The van der Waals surface area contributed by atoms with Crippen molar-refractivity contribution < 1.29 is 27.1 Å². The Morgan fingerprint density at radius 1 is 1.27 bits per heavy atom. The van der Waals surface area contributed by atoms with E-state index in [0.717, 1.165) is 35.9 Å². The summed E-state index contributed by atoms with van der Waals surface area (Å²) >= 11 is 5.74. The average molecular weight is 336 g/mol. The highest BCUT2D eigenvalue weighted by Crippen LogP contribution is 2.37. The zero-order chi connectivity index (χ0) is 16.7. The van der Waals surface area contributed by atoms with Crippen molar-refractivity contribution in [2.75, 3.05) is 0 Å². The van der Waals surface area contributed by atoms with Crippen LogP contribution in [0.5, 0.6) is 5.75 Å². The largest absolute Gasteiger partial charge is 0.431 e. The van der Waals surface area contributed by atoms with Gasteiger partial charge in [0.05, 0.1) is 5.02 Å². The normalized spacial score (nSPS) is 11.6. The maximum Gasteiger partial charge on any atom is 0.431 e. The van der Waals surface area contributed by atoms with Crippen molar-refractivity contribution in [3.8, 4) is 16.9 Å². The molecule has 1 heterocycles. The van der Waals surface area contributed by atoms with Crippen LogP contribution < -0.4 is 4.74 Å². The number of ether oxygens (including phenoxy) is 1. The summed E-state index contributed by atoms with van der Waals surface area (Å²) in [5.74, 6) is -1.62. The molecule has 0 saturated carbocycles. The lowest BCUT2D eigenvalue weighted by molar-refractivity contribution is -0.143. The first-order chi connectivity index (χ1) is 10.1. The van der Waals surface area contributed by atoms with E-state index >= 15 is 0 Å². The molecule has 2 rings (SSSR count). The zero-order valence-electron chi connectivity index (χ0n) is 11.5. The summed E-state index contributed by atoms with van der Waals surface area (Å²) in [4.78, 5) is 11.0. The number of rotatable bonds is 2. The Morgan fingerprint density at radius 3 is 2.41 bits per heavy atom. The fraction of sp³-hybridized carbons (Fsp3) is 0.214. The van der Waals surface area contributed by atoms with Gasteiger partial charge < -0.3 is 9.30 Å². The monoisotopic (exact) mass is 335 g/mol. The summed E-state index contributed by atoms with van der Waals surface area (Å²) in [7, 11) is 1.20. The predicted molar refractivity (Wildman–Crippen MR) is 72.1 cm³/mol. The molecule has 0 amide bonds. The number of hydrogen-bond donors (Lipinski definition) is 0. The summed E-state index contributed by atoms with van der Waals surface area (Å²) in [6, 6.07) is 2.79. The molecule has 0 fully saturated rings. The molecule has 1 aromatic heterocycles. The van der Waals surface area contributed by atoms with Crippen molar-refractivity contribution in [2.24, 2.45) is 7.05 Å². The van der Waals surface area contributed by atoms with E-state index in [4.69, 9.17) is 16.3 Å². The van der Waals surface area contributed by atoms with E-state index in [0.29, 0.717) is 0 Å². The van der Waals surface area contributed by atoms with E-state index in [-0.39, 0.29) is 21.9 Å². The van der Waals surface area contributed by atoms with Gasteiger partial charge in [-0.1, -0.05) is 11.6 Å². The van der Waals surface area contributed by atoms with E-state index in [2.05, 4.69) is 0 Å². The molecule has 0 bridgehead atoms. The van der Waals surface area contributed by atoms with E-state index in [9.17, 15) is 22.4 Å². The molecule has 0 radical (unpaired) electrons. The second-order valence-electron chi connectivity index (χ2n) is 4.58. The maximum atomic E-state index is 14.0. The van der Waals surface area contributed by atoms with Crippen molar-refractivity contribution in [1.29, 1.82) is 0 Å². The van der Waals surface area contributed by atoms with Gasteiger partial charge in [0.2, 0.25) is 0 Å². The third-order valence-corrected chi connectivity index (χ3v) is 3.18. The SMILES string of the molecule is CC(=O)Oc1cc(-c2cc(C(F)(F)F)n(C)c2)c(F)cc1Cl. The summed E-state index contributed by atoms with van der Waals surface area (Å²) in [5.41, 5.74) is -1.07. The highest BCUT2D eigenvalue weighted by atomic mass is 35.5. The lowest BCUT2D eigenvalue weighted by Gasteiger charge is -2.07. The molecular weight excluding hydrogens is 326 g/mol. The van der Waals surface area contributed by atoms with Gasteiger partial charge in [-0.2, -0.15) is 13.2 Å². The third-order valence-electron chi connectivity index (χ3n) is 2.88. The molecule has 0 N–H and O–H groups in total. The van der Waals surface area contributed by atoms with Gasteiger partial charge in [0.1, 0.15) is 17.3 Å². The van der Waals surface area contributed by atoms with Crippen LogP contribution in [0.15, 0.2) is 24.4 Å². The first kappa shape index (κ1) is 16.4. The first-order valence-corrected chi connectivity index (χ1v) is 6.38.